The molecule has 0 aromatic rings. The summed E-state index contributed by atoms with van der Waals surface area (Å²) in [5.74, 6) is 1.28. The van der Waals surface area contributed by atoms with Crippen LogP contribution in [0.4, 0.5) is 0 Å². The maximum absolute atomic E-state index is 5.30. The molecule has 0 N–H and O–H groups in total. The first-order chi connectivity index (χ1) is 4.75. The van der Waals surface area contributed by atoms with E-state index in [-0.39, 0.29) is 0 Å². The van der Waals surface area contributed by atoms with E-state index in [1.54, 1.807) is 7.11 Å². The fourth-order valence-electron chi connectivity index (χ4n) is 1.42. The maximum atomic E-state index is 5.30. The molecule has 1 aliphatic rings. The highest BCUT2D eigenvalue weighted by Gasteiger charge is 2.30. The first-order valence-corrected chi connectivity index (χ1v) is 3.86. The Morgan fingerprint density at radius 1 is 1.40 bits per heavy atom. The number of methoxy groups -OCH3 is 1. The molecule has 0 radical (unpaired) electrons. The van der Waals surface area contributed by atoms with Crippen molar-refractivity contribution in [1.29, 1.82) is 0 Å². The number of ether oxygens (including phenoxy) is 2. The minimum absolute atomic E-state index is 0.333. The molecule has 2 atom stereocenters. The molecule has 1 heterocycles. The Bertz CT molecular complexity index is 101. The average Bonchev–Trinajstić information content (AvgIpc) is 2.33. The van der Waals surface area contributed by atoms with Crippen LogP contribution in [0.25, 0.3) is 0 Å². The molecule has 0 aromatic heterocycles. The van der Waals surface area contributed by atoms with E-state index in [0.29, 0.717) is 17.9 Å². The molecule has 1 rings (SSSR count). The van der Waals surface area contributed by atoms with Crippen LogP contribution < -0.4 is 0 Å². The second kappa shape index (κ2) is 3.35. The molecule has 2 heteroatoms. The van der Waals surface area contributed by atoms with Gasteiger partial charge in [-0.1, -0.05) is 13.8 Å². The van der Waals surface area contributed by atoms with Crippen LogP contribution in [0.2, 0.25) is 0 Å². The van der Waals surface area contributed by atoms with Crippen LogP contribution in [0.15, 0.2) is 0 Å². The minimum Gasteiger partial charge on any atom is -0.379 e. The lowest BCUT2D eigenvalue weighted by molar-refractivity contribution is 0.0567. The van der Waals surface area contributed by atoms with E-state index in [9.17, 15) is 0 Å². The number of hydrogen-bond acceptors (Lipinski definition) is 2. The minimum atomic E-state index is 0.333. The van der Waals surface area contributed by atoms with Gasteiger partial charge in [0.25, 0.3) is 0 Å². The zero-order chi connectivity index (χ0) is 7.56. The highest BCUT2D eigenvalue weighted by Crippen LogP contribution is 2.23. The summed E-state index contributed by atoms with van der Waals surface area (Å²) in [7, 11) is 1.76. The average molecular weight is 144 g/mol. The van der Waals surface area contributed by atoms with Gasteiger partial charge in [-0.15, -0.1) is 0 Å². The smallest absolute Gasteiger partial charge is 0.0857 e. The Balaban J connectivity index is 2.42. The molecule has 0 aliphatic carbocycles. The summed E-state index contributed by atoms with van der Waals surface area (Å²) in [5.41, 5.74) is 0. The highest BCUT2D eigenvalue weighted by molar-refractivity contribution is 4.77. The van der Waals surface area contributed by atoms with Crippen molar-refractivity contribution < 1.29 is 9.47 Å². The van der Waals surface area contributed by atoms with Crippen LogP contribution in [0.1, 0.15) is 13.8 Å². The normalized spacial score (nSPS) is 33.6. The fraction of sp³-hybridized carbons (Fsp3) is 1.00. The molecular weight excluding hydrogens is 128 g/mol. The van der Waals surface area contributed by atoms with E-state index in [4.69, 9.17) is 9.47 Å². The predicted octanol–water partition coefficient (Wildman–Crippen LogP) is 1.30. The SMILES string of the molecule is CO[C@@H]1COC[C@H]1C(C)C. The molecule has 0 saturated carbocycles. The zero-order valence-electron chi connectivity index (χ0n) is 6.96. The molecule has 0 unspecified atom stereocenters. The van der Waals surface area contributed by atoms with E-state index in [1.807, 2.05) is 0 Å². The molecule has 0 bridgehead atoms. The monoisotopic (exact) mass is 144 g/mol. The van der Waals surface area contributed by atoms with Gasteiger partial charge in [0.2, 0.25) is 0 Å². The lowest BCUT2D eigenvalue weighted by atomic mass is 9.93. The predicted molar refractivity (Wildman–Crippen MR) is 39.9 cm³/mol. The van der Waals surface area contributed by atoms with Crippen LogP contribution >= 0.6 is 0 Å². The second-order valence-electron chi connectivity index (χ2n) is 3.22. The van der Waals surface area contributed by atoms with Gasteiger partial charge in [-0.3, -0.25) is 0 Å². The first-order valence-electron chi connectivity index (χ1n) is 3.86. The van der Waals surface area contributed by atoms with Crippen LogP contribution in [0.3, 0.4) is 0 Å². The summed E-state index contributed by atoms with van der Waals surface area (Å²) in [6.07, 6.45) is 0.333. The summed E-state index contributed by atoms with van der Waals surface area (Å²) >= 11 is 0. The van der Waals surface area contributed by atoms with Gasteiger partial charge in [-0.25, -0.2) is 0 Å². The summed E-state index contributed by atoms with van der Waals surface area (Å²) < 4.78 is 10.6. The summed E-state index contributed by atoms with van der Waals surface area (Å²) in [6.45, 7) is 6.08. The fourth-order valence-corrected chi connectivity index (χ4v) is 1.42. The Labute approximate surface area is 62.5 Å². The molecular formula is C8H16O2. The first kappa shape index (κ1) is 8.02. The van der Waals surface area contributed by atoms with Crippen molar-refractivity contribution in [3.8, 4) is 0 Å². The van der Waals surface area contributed by atoms with Crippen molar-refractivity contribution in [3.63, 3.8) is 0 Å². The molecule has 0 amide bonds. The van der Waals surface area contributed by atoms with Crippen LogP contribution in [-0.2, 0) is 9.47 Å². The topological polar surface area (TPSA) is 18.5 Å². The Morgan fingerprint density at radius 3 is 2.50 bits per heavy atom. The Hall–Kier alpha value is -0.0800. The molecule has 0 aromatic carbocycles. The Kier molecular flexibility index (Phi) is 2.69. The van der Waals surface area contributed by atoms with Gasteiger partial charge >= 0.3 is 0 Å². The third-order valence-electron chi connectivity index (χ3n) is 2.23. The third-order valence-corrected chi connectivity index (χ3v) is 2.23. The van der Waals surface area contributed by atoms with E-state index in [2.05, 4.69) is 13.8 Å². The number of rotatable bonds is 2. The van der Waals surface area contributed by atoms with E-state index < -0.39 is 0 Å². The van der Waals surface area contributed by atoms with E-state index in [0.717, 1.165) is 13.2 Å². The van der Waals surface area contributed by atoms with E-state index >= 15 is 0 Å². The standard InChI is InChI=1S/C8H16O2/c1-6(2)7-4-10-5-8(7)9-3/h6-8H,4-5H2,1-3H3/t7-,8+/m0/s1. The molecule has 2 nitrogen and oxygen atoms in total. The van der Waals surface area contributed by atoms with Gasteiger partial charge in [0.05, 0.1) is 19.3 Å². The van der Waals surface area contributed by atoms with Crippen molar-refractivity contribution in [2.45, 2.75) is 20.0 Å². The lowest BCUT2D eigenvalue weighted by Crippen LogP contribution is -2.24. The molecule has 60 valence electrons. The molecule has 10 heavy (non-hydrogen) atoms. The molecule has 0 spiro atoms. The van der Waals surface area contributed by atoms with Gasteiger partial charge in [0.1, 0.15) is 0 Å². The van der Waals surface area contributed by atoms with Gasteiger partial charge in [0.15, 0.2) is 0 Å². The quantitative estimate of drug-likeness (QED) is 0.581. The van der Waals surface area contributed by atoms with Crippen LogP contribution in [0, 0.1) is 11.8 Å². The van der Waals surface area contributed by atoms with Crippen molar-refractivity contribution in [2.75, 3.05) is 20.3 Å². The summed E-state index contributed by atoms with van der Waals surface area (Å²) in [5, 5.41) is 0. The molecule has 1 fully saturated rings. The van der Waals surface area contributed by atoms with Gasteiger partial charge in [-0.2, -0.15) is 0 Å². The van der Waals surface area contributed by atoms with Crippen molar-refractivity contribution in [2.24, 2.45) is 11.8 Å². The molecule has 1 saturated heterocycles. The van der Waals surface area contributed by atoms with Crippen molar-refractivity contribution in [3.05, 3.63) is 0 Å². The highest BCUT2D eigenvalue weighted by atomic mass is 16.5. The van der Waals surface area contributed by atoms with Crippen LogP contribution in [-0.4, -0.2) is 26.4 Å². The van der Waals surface area contributed by atoms with Gasteiger partial charge in [-0.05, 0) is 5.92 Å². The maximum Gasteiger partial charge on any atom is 0.0857 e. The third kappa shape index (κ3) is 1.50. The summed E-state index contributed by atoms with van der Waals surface area (Å²) in [6, 6.07) is 0. The van der Waals surface area contributed by atoms with Crippen molar-refractivity contribution >= 4 is 0 Å². The number of hydrogen-bond donors (Lipinski definition) is 0. The molecule has 1 aliphatic heterocycles. The van der Waals surface area contributed by atoms with Crippen LogP contribution in [0.5, 0.6) is 0 Å². The summed E-state index contributed by atoms with van der Waals surface area (Å²) in [4.78, 5) is 0. The second-order valence-corrected chi connectivity index (χ2v) is 3.22. The van der Waals surface area contributed by atoms with Gasteiger partial charge in [0, 0.05) is 13.0 Å². The van der Waals surface area contributed by atoms with E-state index in [1.165, 1.54) is 0 Å². The lowest BCUT2D eigenvalue weighted by Gasteiger charge is -2.18. The largest absolute Gasteiger partial charge is 0.379 e. The van der Waals surface area contributed by atoms with Crippen molar-refractivity contribution in [1.82, 2.24) is 0 Å². The zero-order valence-corrected chi connectivity index (χ0v) is 6.96. The Morgan fingerprint density at radius 2 is 2.10 bits per heavy atom. The van der Waals surface area contributed by atoms with Gasteiger partial charge < -0.3 is 9.47 Å².